The molecule has 0 bridgehead atoms. The number of nitrogens with zero attached hydrogens (tertiary/aromatic N) is 3. The van der Waals surface area contributed by atoms with Crippen LogP contribution in [0, 0.1) is 6.92 Å². The van der Waals surface area contributed by atoms with Gasteiger partial charge in [0.1, 0.15) is 0 Å². The number of aromatic hydroxyl groups is 1. The van der Waals surface area contributed by atoms with E-state index in [1.165, 1.54) is 0 Å². The Hall–Kier alpha value is -2.41. The van der Waals surface area contributed by atoms with Crippen LogP contribution >= 0.6 is 11.3 Å². The molecule has 2 heterocycles. The van der Waals surface area contributed by atoms with E-state index in [0.717, 1.165) is 10.7 Å². The zero-order chi connectivity index (χ0) is 14.1. The highest BCUT2D eigenvalue weighted by Gasteiger charge is 2.15. The number of phenols is 1. The summed E-state index contributed by atoms with van der Waals surface area (Å²) in [5.41, 5.74) is 7.25. The zero-order valence-electron chi connectivity index (χ0n) is 10.7. The second-order valence-electron chi connectivity index (χ2n) is 4.29. The first-order valence-electron chi connectivity index (χ1n) is 5.95. The van der Waals surface area contributed by atoms with E-state index in [0.29, 0.717) is 17.8 Å². The van der Waals surface area contributed by atoms with Gasteiger partial charge in [-0.05, 0) is 19.1 Å². The minimum atomic E-state index is -0.0489. The van der Waals surface area contributed by atoms with Gasteiger partial charge in [0.25, 0.3) is 5.89 Å². The molecule has 7 heteroatoms. The summed E-state index contributed by atoms with van der Waals surface area (Å²) in [6, 6.07) is 5.00. The van der Waals surface area contributed by atoms with Crippen LogP contribution in [0.5, 0.6) is 5.75 Å². The first kappa shape index (κ1) is 12.6. The first-order valence-corrected chi connectivity index (χ1v) is 6.83. The van der Waals surface area contributed by atoms with Gasteiger partial charge in [-0.25, -0.2) is 4.98 Å². The number of nitrogens with two attached hydrogens (primary N) is 1. The average Bonchev–Trinajstić information content (AvgIpc) is 3.03. The fourth-order valence-corrected chi connectivity index (χ4v) is 2.43. The number of hydrogen-bond donors (Lipinski definition) is 2. The van der Waals surface area contributed by atoms with Gasteiger partial charge in [-0.15, -0.1) is 11.3 Å². The van der Waals surface area contributed by atoms with Gasteiger partial charge in [-0.2, -0.15) is 4.98 Å². The van der Waals surface area contributed by atoms with Crippen LogP contribution in [0.1, 0.15) is 16.5 Å². The maximum atomic E-state index is 9.89. The molecule has 6 nitrogen and oxygen atoms in total. The number of para-hydroxylation sites is 1. The quantitative estimate of drug-likeness (QED) is 0.567. The van der Waals surface area contributed by atoms with Gasteiger partial charge in [0.05, 0.1) is 28.4 Å². The summed E-state index contributed by atoms with van der Waals surface area (Å²) in [5, 5.41) is 16.7. The highest BCUT2D eigenvalue weighted by Crippen LogP contribution is 2.32. The highest BCUT2D eigenvalue weighted by atomic mass is 32.1. The molecule has 1 aromatic carbocycles. The van der Waals surface area contributed by atoms with E-state index in [1.807, 2.05) is 12.3 Å². The van der Waals surface area contributed by atoms with Crippen molar-refractivity contribution in [1.29, 1.82) is 0 Å². The van der Waals surface area contributed by atoms with E-state index in [1.54, 1.807) is 29.5 Å². The number of aromatic nitrogens is 3. The minimum Gasteiger partial charge on any atom is -0.505 e. The van der Waals surface area contributed by atoms with Crippen molar-refractivity contribution < 1.29 is 9.63 Å². The Morgan fingerprint density at radius 2 is 2.20 bits per heavy atom. The molecule has 0 fully saturated rings. The van der Waals surface area contributed by atoms with E-state index in [4.69, 9.17) is 10.3 Å². The first-order chi connectivity index (χ1) is 9.63. The van der Waals surface area contributed by atoms with E-state index < -0.39 is 0 Å². The number of rotatable bonds is 3. The van der Waals surface area contributed by atoms with Crippen molar-refractivity contribution in [3.05, 3.63) is 40.1 Å². The molecule has 0 saturated carbocycles. The van der Waals surface area contributed by atoms with Gasteiger partial charge in [0.2, 0.25) is 0 Å². The summed E-state index contributed by atoms with van der Waals surface area (Å²) < 4.78 is 5.16. The monoisotopic (exact) mass is 288 g/mol. The van der Waals surface area contributed by atoms with Gasteiger partial charge in [-0.3, -0.25) is 0 Å². The van der Waals surface area contributed by atoms with Crippen molar-refractivity contribution in [2.75, 3.05) is 5.73 Å². The summed E-state index contributed by atoms with van der Waals surface area (Å²) in [7, 11) is 0. The lowest BCUT2D eigenvalue weighted by atomic mass is 10.2. The maximum Gasteiger partial charge on any atom is 0.261 e. The molecule has 0 unspecified atom stereocenters. The average molecular weight is 288 g/mol. The summed E-state index contributed by atoms with van der Waals surface area (Å²) in [6.45, 7) is 1.95. The van der Waals surface area contributed by atoms with Crippen molar-refractivity contribution in [2.24, 2.45) is 0 Å². The molecule has 0 amide bonds. The van der Waals surface area contributed by atoms with Crippen molar-refractivity contribution >= 4 is 17.0 Å². The molecule has 3 N–H and O–H groups in total. The SMILES string of the molecule is Cc1nc(Cc2noc(-c3cccc(N)c3O)n2)cs1. The molecule has 0 aliphatic rings. The lowest BCUT2D eigenvalue weighted by Gasteiger charge is -2.01. The Balaban J connectivity index is 1.88. The number of hydrogen-bond acceptors (Lipinski definition) is 7. The molecule has 0 spiro atoms. The fourth-order valence-electron chi connectivity index (χ4n) is 1.82. The second-order valence-corrected chi connectivity index (χ2v) is 5.36. The number of thiazole rings is 1. The van der Waals surface area contributed by atoms with Gasteiger partial charge in [0, 0.05) is 5.38 Å². The third-order valence-corrected chi connectivity index (χ3v) is 3.59. The molecule has 0 saturated heterocycles. The lowest BCUT2D eigenvalue weighted by molar-refractivity contribution is 0.418. The van der Waals surface area contributed by atoms with Crippen molar-refractivity contribution in [3.63, 3.8) is 0 Å². The minimum absolute atomic E-state index is 0.0489. The van der Waals surface area contributed by atoms with Crippen LogP contribution in [0.4, 0.5) is 5.69 Å². The predicted molar refractivity (Wildman–Crippen MR) is 75.5 cm³/mol. The van der Waals surface area contributed by atoms with Crippen LogP contribution in [0.3, 0.4) is 0 Å². The zero-order valence-corrected chi connectivity index (χ0v) is 11.5. The molecular formula is C13H12N4O2S. The predicted octanol–water partition coefficient (Wildman–Crippen LogP) is 2.38. The molecular weight excluding hydrogens is 276 g/mol. The normalized spacial score (nSPS) is 10.8. The Bertz CT molecular complexity index is 750. The Morgan fingerprint density at radius 1 is 1.35 bits per heavy atom. The molecule has 3 aromatic rings. The summed E-state index contributed by atoms with van der Waals surface area (Å²) >= 11 is 1.58. The highest BCUT2D eigenvalue weighted by molar-refractivity contribution is 7.09. The molecule has 0 aliphatic carbocycles. The molecule has 0 atom stereocenters. The van der Waals surface area contributed by atoms with E-state index in [9.17, 15) is 5.11 Å². The molecule has 0 radical (unpaired) electrons. The molecule has 20 heavy (non-hydrogen) atoms. The summed E-state index contributed by atoms with van der Waals surface area (Å²) in [4.78, 5) is 8.61. The molecule has 0 aliphatic heterocycles. The molecule has 2 aromatic heterocycles. The summed E-state index contributed by atoms with van der Waals surface area (Å²) in [6.07, 6.45) is 0.497. The summed E-state index contributed by atoms with van der Waals surface area (Å²) in [5.74, 6) is 0.719. The standard InChI is InChI=1S/C13H12N4O2S/c1-7-15-8(6-20-7)5-11-16-13(19-17-11)9-3-2-4-10(14)12(9)18/h2-4,6,18H,5,14H2,1H3. The number of benzene rings is 1. The van der Waals surface area contributed by atoms with E-state index in [-0.39, 0.29) is 17.3 Å². The van der Waals surface area contributed by atoms with Crippen LogP contribution < -0.4 is 5.73 Å². The Labute approximate surface area is 118 Å². The number of aryl methyl sites for hydroxylation is 1. The Kier molecular flexibility index (Phi) is 3.11. The van der Waals surface area contributed by atoms with E-state index >= 15 is 0 Å². The van der Waals surface area contributed by atoms with Crippen LogP contribution in [-0.4, -0.2) is 20.2 Å². The van der Waals surface area contributed by atoms with Gasteiger partial charge >= 0.3 is 0 Å². The number of anilines is 1. The van der Waals surface area contributed by atoms with Crippen LogP contribution in [-0.2, 0) is 6.42 Å². The van der Waals surface area contributed by atoms with Gasteiger partial charge < -0.3 is 15.4 Å². The van der Waals surface area contributed by atoms with Crippen molar-refractivity contribution in [3.8, 4) is 17.2 Å². The lowest BCUT2D eigenvalue weighted by Crippen LogP contribution is -1.91. The molecule has 3 rings (SSSR count). The fraction of sp³-hybridized carbons (Fsp3) is 0.154. The third kappa shape index (κ3) is 2.35. The van der Waals surface area contributed by atoms with Crippen molar-refractivity contribution in [1.82, 2.24) is 15.1 Å². The number of phenolic OH excluding ortho intramolecular Hbond substituents is 1. The maximum absolute atomic E-state index is 9.89. The number of nitrogen functional groups attached to an aromatic ring is 1. The topological polar surface area (TPSA) is 98.1 Å². The third-order valence-electron chi connectivity index (χ3n) is 2.77. The second kappa shape index (κ2) is 4.93. The molecule has 102 valence electrons. The largest absolute Gasteiger partial charge is 0.505 e. The van der Waals surface area contributed by atoms with E-state index in [2.05, 4.69) is 15.1 Å². The smallest absolute Gasteiger partial charge is 0.261 e. The van der Waals surface area contributed by atoms with Crippen LogP contribution in [0.15, 0.2) is 28.1 Å². The van der Waals surface area contributed by atoms with Gasteiger partial charge in [-0.1, -0.05) is 11.2 Å². The van der Waals surface area contributed by atoms with Crippen molar-refractivity contribution in [2.45, 2.75) is 13.3 Å². The van der Waals surface area contributed by atoms with Gasteiger partial charge in [0.15, 0.2) is 11.6 Å². The van der Waals surface area contributed by atoms with Crippen LogP contribution in [0.25, 0.3) is 11.5 Å². The van der Waals surface area contributed by atoms with Crippen LogP contribution in [0.2, 0.25) is 0 Å². The Morgan fingerprint density at radius 3 is 2.95 bits per heavy atom.